The van der Waals surface area contributed by atoms with E-state index >= 15 is 0 Å². The highest BCUT2D eigenvalue weighted by molar-refractivity contribution is 5.15. The van der Waals surface area contributed by atoms with Crippen molar-refractivity contribution in [1.29, 1.82) is 0 Å². The lowest BCUT2D eigenvalue weighted by Crippen LogP contribution is -2.61. The molecule has 2 atom stereocenters. The van der Waals surface area contributed by atoms with Crippen LogP contribution in [0.5, 0.6) is 0 Å². The minimum Gasteiger partial charge on any atom is -0.390 e. The first-order valence-corrected chi connectivity index (χ1v) is 9.94. The predicted molar refractivity (Wildman–Crippen MR) is 103 cm³/mol. The third-order valence-electron chi connectivity index (χ3n) is 5.51. The van der Waals surface area contributed by atoms with Gasteiger partial charge >= 0.3 is 0 Å². The van der Waals surface area contributed by atoms with Crippen LogP contribution in [0, 0.1) is 0 Å². The number of nitrogens with zero attached hydrogens (tertiary/aromatic N) is 1. The molecule has 152 valence electrons. The Morgan fingerprint density at radius 3 is 2.30 bits per heavy atom. The molecule has 6 nitrogen and oxygen atoms in total. The van der Waals surface area contributed by atoms with E-state index in [0.717, 1.165) is 19.4 Å². The Hall–Kier alpha value is -1.02. The second-order valence-corrected chi connectivity index (χ2v) is 7.60. The highest BCUT2D eigenvalue weighted by atomic mass is 16.5. The monoisotopic (exact) mass is 379 g/mol. The van der Waals surface area contributed by atoms with Crippen molar-refractivity contribution in [3.05, 3.63) is 35.9 Å². The zero-order valence-corrected chi connectivity index (χ0v) is 16.3. The van der Waals surface area contributed by atoms with Crippen molar-refractivity contribution in [2.24, 2.45) is 0 Å². The summed E-state index contributed by atoms with van der Waals surface area (Å²) in [7, 11) is 1.66. The number of rotatable bonds is 11. The van der Waals surface area contributed by atoms with Crippen LogP contribution in [0.2, 0.25) is 0 Å². The van der Waals surface area contributed by atoms with Gasteiger partial charge in [-0.15, -0.1) is 0 Å². The van der Waals surface area contributed by atoms with Gasteiger partial charge in [-0.1, -0.05) is 30.3 Å². The molecular weight excluding hydrogens is 346 g/mol. The van der Waals surface area contributed by atoms with E-state index in [-0.39, 0.29) is 12.1 Å². The lowest BCUT2D eigenvalue weighted by Gasteiger charge is -2.51. The van der Waals surface area contributed by atoms with Gasteiger partial charge in [-0.05, 0) is 24.8 Å². The molecule has 2 heterocycles. The highest BCUT2D eigenvalue weighted by Gasteiger charge is 2.45. The SMILES string of the molecule is COCCOCCOCCC1(O)CC2COCC(C1)N2Cc1ccccc1. The molecule has 0 spiro atoms. The van der Waals surface area contributed by atoms with Crippen molar-refractivity contribution in [2.45, 2.75) is 43.5 Å². The maximum absolute atomic E-state index is 11.1. The Kier molecular flexibility index (Phi) is 8.06. The van der Waals surface area contributed by atoms with Crippen molar-refractivity contribution in [3.63, 3.8) is 0 Å². The number of fused-ring (bicyclic) bond motifs is 2. The summed E-state index contributed by atoms with van der Waals surface area (Å²) in [5.74, 6) is 0. The summed E-state index contributed by atoms with van der Waals surface area (Å²) in [6, 6.07) is 11.1. The maximum atomic E-state index is 11.1. The molecule has 0 aliphatic carbocycles. The Morgan fingerprint density at radius 1 is 1.00 bits per heavy atom. The normalized spacial score (nSPS) is 28.4. The molecule has 3 rings (SSSR count). The van der Waals surface area contributed by atoms with Crippen LogP contribution in [-0.2, 0) is 25.5 Å². The first-order valence-electron chi connectivity index (χ1n) is 9.94. The lowest BCUT2D eigenvalue weighted by molar-refractivity contribution is -0.152. The molecule has 27 heavy (non-hydrogen) atoms. The third kappa shape index (κ3) is 6.24. The van der Waals surface area contributed by atoms with Gasteiger partial charge in [-0.3, -0.25) is 4.90 Å². The molecule has 1 N–H and O–H groups in total. The molecule has 2 saturated heterocycles. The fraction of sp³-hybridized carbons (Fsp3) is 0.714. The van der Waals surface area contributed by atoms with Crippen LogP contribution in [-0.4, -0.2) is 81.0 Å². The van der Waals surface area contributed by atoms with Gasteiger partial charge in [-0.25, -0.2) is 0 Å². The Balaban J connectivity index is 1.43. The van der Waals surface area contributed by atoms with Gasteiger partial charge in [0, 0.05) is 32.3 Å². The number of benzene rings is 1. The summed E-state index contributed by atoms with van der Waals surface area (Å²) in [5, 5.41) is 11.1. The first kappa shape index (κ1) is 20.7. The summed E-state index contributed by atoms with van der Waals surface area (Å²) in [6.07, 6.45) is 2.14. The van der Waals surface area contributed by atoms with Crippen LogP contribution >= 0.6 is 0 Å². The second kappa shape index (κ2) is 10.5. The number of methoxy groups -OCH3 is 1. The molecule has 2 aliphatic rings. The van der Waals surface area contributed by atoms with Crippen molar-refractivity contribution < 1.29 is 24.1 Å². The summed E-state index contributed by atoms with van der Waals surface area (Å²) >= 11 is 0. The molecule has 0 saturated carbocycles. The molecule has 2 aliphatic heterocycles. The van der Waals surface area contributed by atoms with Gasteiger partial charge in [0.05, 0.1) is 45.2 Å². The quantitative estimate of drug-likeness (QED) is 0.592. The molecule has 6 heteroatoms. The smallest absolute Gasteiger partial charge is 0.0701 e. The molecular formula is C21H33NO5. The van der Waals surface area contributed by atoms with Crippen LogP contribution in [0.1, 0.15) is 24.8 Å². The lowest BCUT2D eigenvalue weighted by atomic mass is 9.79. The van der Waals surface area contributed by atoms with Crippen LogP contribution in [0.15, 0.2) is 30.3 Å². The van der Waals surface area contributed by atoms with Gasteiger partial charge in [0.2, 0.25) is 0 Å². The molecule has 0 radical (unpaired) electrons. The molecule has 2 fully saturated rings. The van der Waals surface area contributed by atoms with Crippen LogP contribution in [0.4, 0.5) is 0 Å². The van der Waals surface area contributed by atoms with Gasteiger partial charge < -0.3 is 24.1 Å². The van der Waals surface area contributed by atoms with Crippen molar-refractivity contribution in [2.75, 3.05) is 53.4 Å². The van der Waals surface area contributed by atoms with Crippen molar-refractivity contribution in [3.8, 4) is 0 Å². The first-order chi connectivity index (χ1) is 13.2. The zero-order chi connectivity index (χ0) is 19.0. The molecule has 1 aromatic rings. The van der Waals surface area contributed by atoms with Crippen LogP contribution in [0.3, 0.4) is 0 Å². The third-order valence-corrected chi connectivity index (χ3v) is 5.51. The van der Waals surface area contributed by atoms with E-state index in [1.807, 2.05) is 6.07 Å². The van der Waals surface area contributed by atoms with E-state index in [0.29, 0.717) is 52.7 Å². The highest BCUT2D eigenvalue weighted by Crippen LogP contribution is 2.37. The largest absolute Gasteiger partial charge is 0.390 e. The topological polar surface area (TPSA) is 60.4 Å². The molecule has 0 amide bonds. The van der Waals surface area contributed by atoms with E-state index in [1.54, 1.807) is 7.11 Å². The van der Waals surface area contributed by atoms with E-state index < -0.39 is 5.60 Å². The van der Waals surface area contributed by atoms with Gasteiger partial charge in [0.25, 0.3) is 0 Å². The number of ether oxygens (including phenoxy) is 4. The average Bonchev–Trinajstić information content (AvgIpc) is 2.66. The maximum Gasteiger partial charge on any atom is 0.0701 e. The molecule has 1 aromatic carbocycles. The average molecular weight is 379 g/mol. The fourth-order valence-corrected chi connectivity index (χ4v) is 4.13. The Labute approximate surface area is 162 Å². The number of hydrogen-bond acceptors (Lipinski definition) is 6. The summed E-state index contributed by atoms with van der Waals surface area (Å²) in [6.45, 7) is 5.17. The van der Waals surface area contributed by atoms with Gasteiger partial charge in [0.1, 0.15) is 0 Å². The molecule has 2 bridgehead atoms. The number of morpholine rings is 1. The van der Waals surface area contributed by atoms with Crippen molar-refractivity contribution in [1.82, 2.24) is 4.90 Å². The van der Waals surface area contributed by atoms with Gasteiger partial charge in [0.15, 0.2) is 0 Å². The van der Waals surface area contributed by atoms with Crippen LogP contribution < -0.4 is 0 Å². The van der Waals surface area contributed by atoms with Crippen molar-refractivity contribution >= 4 is 0 Å². The summed E-state index contributed by atoms with van der Waals surface area (Å²) in [5.41, 5.74) is 0.653. The molecule has 2 unspecified atom stereocenters. The predicted octanol–water partition coefficient (Wildman–Crippen LogP) is 1.85. The Morgan fingerprint density at radius 2 is 1.63 bits per heavy atom. The minimum atomic E-state index is -0.663. The van der Waals surface area contributed by atoms with Crippen LogP contribution in [0.25, 0.3) is 0 Å². The second-order valence-electron chi connectivity index (χ2n) is 7.60. The fourth-order valence-electron chi connectivity index (χ4n) is 4.13. The van der Waals surface area contributed by atoms with Gasteiger partial charge in [-0.2, -0.15) is 0 Å². The number of piperidine rings is 1. The number of hydrogen-bond donors (Lipinski definition) is 1. The zero-order valence-electron chi connectivity index (χ0n) is 16.3. The van der Waals surface area contributed by atoms with E-state index in [9.17, 15) is 5.11 Å². The molecule has 0 aromatic heterocycles. The Bertz CT molecular complexity index is 527. The standard InChI is InChI=1S/C21H33NO5/c1-24-9-10-26-12-11-25-8-7-21(23)13-19-16-27-17-20(14-21)22(19)15-18-5-3-2-4-6-18/h2-6,19-20,23H,7-17H2,1H3. The number of aliphatic hydroxyl groups is 1. The minimum absolute atomic E-state index is 0.264. The van der Waals surface area contributed by atoms with E-state index in [4.69, 9.17) is 18.9 Å². The van der Waals surface area contributed by atoms with E-state index in [1.165, 1.54) is 5.56 Å². The summed E-state index contributed by atoms with van der Waals surface area (Å²) < 4.78 is 21.8. The van der Waals surface area contributed by atoms with E-state index in [2.05, 4.69) is 29.2 Å². The summed E-state index contributed by atoms with van der Waals surface area (Å²) in [4.78, 5) is 2.51.